The van der Waals surface area contributed by atoms with Crippen LogP contribution in [0, 0.1) is 0 Å². The molecule has 21 heavy (non-hydrogen) atoms. The molecule has 2 N–H and O–H groups in total. The molecule has 0 unspecified atom stereocenters. The van der Waals surface area contributed by atoms with Gasteiger partial charge < -0.3 is 10.4 Å². The van der Waals surface area contributed by atoms with Crippen molar-refractivity contribution in [1.82, 2.24) is 0 Å². The lowest BCUT2D eigenvalue weighted by Gasteiger charge is -2.07. The number of amides is 1. The number of rotatable bonds is 4. The fraction of sp³-hybridized carbons (Fsp3) is 0.0588. The third-order valence-corrected chi connectivity index (χ3v) is 2.95. The summed E-state index contributed by atoms with van der Waals surface area (Å²) in [7, 11) is 0. The molecule has 0 aliphatic carbocycles. The summed E-state index contributed by atoms with van der Waals surface area (Å²) >= 11 is 0. The average Bonchev–Trinajstić information content (AvgIpc) is 2.48. The lowest BCUT2D eigenvalue weighted by Crippen LogP contribution is -2.13. The van der Waals surface area contributed by atoms with E-state index < -0.39 is 11.9 Å². The van der Waals surface area contributed by atoms with Gasteiger partial charge in [-0.25, -0.2) is 4.79 Å². The Morgan fingerprint density at radius 3 is 2.10 bits per heavy atom. The fourth-order valence-electron chi connectivity index (χ4n) is 1.86. The van der Waals surface area contributed by atoms with E-state index in [0.29, 0.717) is 5.69 Å². The van der Waals surface area contributed by atoms with Gasteiger partial charge in [0.15, 0.2) is 0 Å². The Balaban J connectivity index is 2.10. The molecule has 0 aliphatic rings. The van der Waals surface area contributed by atoms with Crippen LogP contribution in [0.3, 0.4) is 0 Å². The van der Waals surface area contributed by atoms with E-state index in [-0.39, 0.29) is 5.57 Å². The molecule has 0 fully saturated rings. The van der Waals surface area contributed by atoms with Crippen molar-refractivity contribution in [1.29, 1.82) is 0 Å². The molecule has 1 amide bonds. The number of hydrogen-bond acceptors (Lipinski definition) is 2. The molecule has 0 bridgehead atoms. The van der Waals surface area contributed by atoms with Crippen LogP contribution in [0.2, 0.25) is 0 Å². The molecule has 2 aromatic carbocycles. The maximum atomic E-state index is 11.8. The van der Waals surface area contributed by atoms with E-state index in [1.54, 1.807) is 12.1 Å². The predicted octanol–water partition coefficient (Wildman–Crippen LogP) is 3.32. The minimum absolute atomic E-state index is 0.148. The zero-order valence-corrected chi connectivity index (χ0v) is 11.5. The first-order valence-electron chi connectivity index (χ1n) is 6.44. The standard InChI is InChI=1S/C17H15NO3/c1-12(11-16(19)20)17(21)18-15-9-7-14(8-10-15)13-5-3-2-4-6-13/h2-11H,1H3,(H,18,21)(H,19,20)/b12-11-. The van der Waals surface area contributed by atoms with E-state index in [0.717, 1.165) is 17.2 Å². The first kappa shape index (κ1) is 14.5. The van der Waals surface area contributed by atoms with Gasteiger partial charge in [0.2, 0.25) is 0 Å². The van der Waals surface area contributed by atoms with Crippen molar-refractivity contribution in [3.63, 3.8) is 0 Å². The molecule has 0 aromatic heterocycles. The van der Waals surface area contributed by atoms with Crippen LogP contribution in [-0.2, 0) is 9.59 Å². The quantitative estimate of drug-likeness (QED) is 0.845. The van der Waals surface area contributed by atoms with Gasteiger partial charge in [-0.05, 0) is 30.2 Å². The molecule has 0 aliphatic heterocycles. The van der Waals surface area contributed by atoms with Crippen molar-refractivity contribution >= 4 is 17.6 Å². The molecule has 4 nitrogen and oxygen atoms in total. The molecule has 106 valence electrons. The van der Waals surface area contributed by atoms with Crippen LogP contribution in [-0.4, -0.2) is 17.0 Å². The lowest BCUT2D eigenvalue weighted by atomic mass is 10.1. The van der Waals surface area contributed by atoms with E-state index in [2.05, 4.69) is 5.32 Å². The van der Waals surface area contributed by atoms with Gasteiger partial charge in [0.05, 0.1) is 0 Å². The van der Waals surface area contributed by atoms with Crippen LogP contribution in [0.15, 0.2) is 66.2 Å². The van der Waals surface area contributed by atoms with E-state index >= 15 is 0 Å². The second-order valence-electron chi connectivity index (χ2n) is 4.56. The summed E-state index contributed by atoms with van der Waals surface area (Å²) in [5.41, 5.74) is 2.91. The molecule has 0 atom stereocenters. The largest absolute Gasteiger partial charge is 0.478 e. The van der Waals surface area contributed by atoms with Crippen molar-refractivity contribution < 1.29 is 14.7 Å². The summed E-state index contributed by atoms with van der Waals surface area (Å²) in [5, 5.41) is 11.3. The zero-order chi connectivity index (χ0) is 15.2. The van der Waals surface area contributed by atoms with Crippen LogP contribution in [0.4, 0.5) is 5.69 Å². The van der Waals surface area contributed by atoms with Gasteiger partial charge in [0.25, 0.3) is 5.91 Å². The highest BCUT2D eigenvalue weighted by Crippen LogP contribution is 2.21. The van der Waals surface area contributed by atoms with E-state index in [4.69, 9.17) is 5.11 Å². The third-order valence-electron chi connectivity index (χ3n) is 2.95. The molecule has 0 heterocycles. The zero-order valence-electron chi connectivity index (χ0n) is 11.5. The van der Waals surface area contributed by atoms with Crippen LogP contribution in [0.25, 0.3) is 11.1 Å². The Bertz CT molecular complexity index is 673. The summed E-state index contributed by atoms with van der Waals surface area (Å²) in [6, 6.07) is 17.3. The van der Waals surface area contributed by atoms with Crippen molar-refractivity contribution in [2.75, 3.05) is 5.32 Å². The summed E-state index contributed by atoms with van der Waals surface area (Å²) in [4.78, 5) is 22.3. The molecule has 0 saturated heterocycles. The Morgan fingerprint density at radius 1 is 0.952 bits per heavy atom. The smallest absolute Gasteiger partial charge is 0.328 e. The van der Waals surface area contributed by atoms with Gasteiger partial charge in [-0.3, -0.25) is 4.79 Å². The van der Waals surface area contributed by atoms with Gasteiger partial charge in [-0.1, -0.05) is 42.5 Å². The van der Waals surface area contributed by atoms with Crippen LogP contribution < -0.4 is 5.32 Å². The SMILES string of the molecule is C/C(=C/C(=O)O)C(=O)Nc1ccc(-c2ccccc2)cc1. The minimum Gasteiger partial charge on any atom is -0.478 e. The highest BCUT2D eigenvalue weighted by molar-refractivity contribution is 6.06. The second-order valence-corrected chi connectivity index (χ2v) is 4.56. The number of anilines is 1. The molecule has 2 aromatic rings. The Labute approximate surface area is 122 Å². The number of hydrogen-bond donors (Lipinski definition) is 2. The summed E-state index contributed by atoms with van der Waals surface area (Å²) in [5.74, 6) is -1.56. The maximum Gasteiger partial charge on any atom is 0.328 e. The van der Waals surface area contributed by atoms with Gasteiger partial charge >= 0.3 is 5.97 Å². The second kappa shape index (κ2) is 6.52. The average molecular weight is 281 g/mol. The van der Waals surface area contributed by atoms with Crippen molar-refractivity contribution in [2.24, 2.45) is 0 Å². The van der Waals surface area contributed by atoms with Crippen molar-refractivity contribution in [3.8, 4) is 11.1 Å². The molecule has 0 spiro atoms. The Hall–Kier alpha value is -2.88. The van der Waals surface area contributed by atoms with Crippen molar-refractivity contribution in [3.05, 3.63) is 66.2 Å². The van der Waals surface area contributed by atoms with Gasteiger partial charge in [-0.2, -0.15) is 0 Å². The number of carbonyl (C=O) groups is 2. The van der Waals surface area contributed by atoms with Gasteiger partial charge in [0, 0.05) is 17.3 Å². The van der Waals surface area contributed by atoms with Crippen LogP contribution in [0.5, 0.6) is 0 Å². The lowest BCUT2D eigenvalue weighted by molar-refractivity contribution is -0.131. The number of carboxylic acid groups (broad SMARTS) is 1. The number of carbonyl (C=O) groups excluding carboxylic acids is 1. The summed E-state index contributed by atoms with van der Waals surface area (Å²) in [6.07, 6.45) is 0.883. The molecule has 0 saturated carbocycles. The van der Waals surface area contributed by atoms with Gasteiger partial charge in [0.1, 0.15) is 0 Å². The summed E-state index contributed by atoms with van der Waals surface area (Å²) in [6.45, 7) is 1.46. The van der Waals surface area contributed by atoms with E-state index in [1.807, 2.05) is 42.5 Å². The summed E-state index contributed by atoms with van der Waals surface area (Å²) < 4.78 is 0. The minimum atomic E-state index is -1.14. The fourth-order valence-corrected chi connectivity index (χ4v) is 1.86. The van der Waals surface area contributed by atoms with Crippen LogP contribution in [0.1, 0.15) is 6.92 Å². The van der Waals surface area contributed by atoms with Crippen LogP contribution >= 0.6 is 0 Å². The van der Waals surface area contributed by atoms with E-state index in [1.165, 1.54) is 6.92 Å². The van der Waals surface area contributed by atoms with Gasteiger partial charge in [-0.15, -0.1) is 0 Å². The number of benzene rings is 2. The predicted molar refractivity (Wildman–Crippen MR) is 81.9 cm³/mol. The topological polar surface area (TPSA) is 66.4 Å². The molecular formula is C17H15NO3. The monoisotopic (exact) mass is 281 g/mol. The molecule has 2 rings (SSSR count). The first-order chi connectivity index (χ1) is 10.1. The van der Waals surface area contributed by atoms with E-state index in [9.17, 15) is 9.59 Å². The molecule has 0 radical (unpaired) electrons. The highest BCUT2D eigenvalue weighted by atomic mass is 16.4. The Morgan fingerprint density at radius 2 is 1.52 bits per heavy atom. The highest BCUT2D eigenvalue weighted by Gasteiger charge is 2.06. The Kier molecular flexibility index (Phi) is 4.51. The number of aliphatic carboxylic acids is 1. The molecular weight excluding hydrogens is 266 g/mol. The normalized spacial score (nSPS) is 11.0. The van der Waals surface area contributed by atoms with Crippen molar-refractivity contribution in [2.45, 2.75) is 6.92 Å². The maximum absolute atomic E-state index is 11.8. The number of nitrogens with one attached hydrogen (secondary N) is 1. The molecule has 4 heteroatoms. The number of carboxylic acids is 1. The third kappa shape index (κ3) is 4.04. The first-order valence-corrected chi connectivity index (χ1v) is 6.44.